The van der Waals surface area contributed by atoms with Crippen LogP contribution in [0.5, 0.6) is 0 Å². The fraction of sp³-hybridized carbons (Fsp3) is 0.391. The summed E-state index contributed by atoms with van der Waals surface area (Å²) in [6.45, 7) is 8.05. The highest BCUT2D eigenvalue weighted by Gasteiger charge is 2.06. The highest BCUT2D eigenvalue weighted by atomic mass is 127. The fourth-order valence-electron chi connectivity index (χ4n) is 3.34. The highest BCUT2D eigenvalue weighted by Crippen LogP contribution is 2.15. The van der Waals surface area contributed by atoms with Gasteiger partial charge in [0.25, 0.3) is 0 Å². The van der Waals surface area contributed by atoms with Crippen LogP contribution in [0.15, 0.2) is 53.5 Å². The summed E-state index contributed by atoms with van der Waals surface area (Å²) in [5.74, 6) is 1.91. The monoisotopic (exact) mass is 521 g/mol. The molecule has 3 rings (SSSR count). The number of para-hydroxylation sites is 2. The number of aliphatic imine (C=N–C) groups is 1. The van der Waals surface area contributed by atoms with Gasteiger partial charge in [-0.15, -0.1) is 24.0 Å². The number of nitrogens with zero attached hydrogens (tertiary/aromatic N) is 3. The van der Waals surface area contributed by atoms with Crippen molar-refractivity contribution in [2.24, 2.45) is 4.99 Å². The zero-order valence-electron chi connectivity index (χ0n) is 18.0. The second-order valence-electron chi connectivity index (χ2n) is 7.02. The zero-order valence-corrected chi connectivity index (χ0v) is 20.3. The number of aryl methyl sites for hydroxylation is 2. The lowest BCUT2D eigenvalue weighted by Gasteiger charge is -2.12. The Kier molecular flexibility index (Phi) is 10.1. The lowest BCUT2D eigenvalue weighted by atomic mass is 10.1. The van der Waals surface area contributed by atoms with Crippen molar-refractivity contribution in [1.82, 2.24) is 20.2 Å². The molecule has 0 aliphatic carbocycles. The third-order valence-electron chi connectivity index (χ3n) is 4.79. The molecule has 0 saturated heterocycles. The highest BCUT2D eigenvalue weighted by molar-refractivity contribution is 14.0. The molecule has 1 aromatic heterocycles. The first-order chi connectivity index (χ1) is 14.2. The van der Waals surface area contributed by atoms with Gasteiger partial charge in [-0.05, 0) is 43.5 Å². The Balaban J connectivity index is 0.00000320. The van der Waals surface area contributed by atoms with Crippen LogP contribution in [-0.4, -0.2) is 35.7 Å². The van der Waals surface area contributed by atoms with Crippen LogP contribution in [0.4, 0.5) is 0 Å². The Labute approximate surface area is 196 Å². The van der Waals surface area contributed by atoms with Crippen molar-refractivity contribution < 1.29 is 4.74 Å². The second-order valence-corrected chi connectivity index (χ2v) is 7.02. The minimum absolute atomic E-state index is 0. The van der Waals surface area contributed by atoms with Crippen LogP contribution in [0.3, 0.4) is 0 Å². The van der Waals surface area contributed by atoms with Crippen molar-refractivity contribution in [2.45, 2.75) is 40.0 Å². The standard InChI is InChI=1S/C23H31N5O.HI/c1-4-24-23(26-16-19-10-12-20(13-11-19)17-29-3)25-14-7-15-28-18(2)27-21-8-5-6-9-22(21)28;/h5-6,8-13H,4,7,14-17H2,1-3H3,(H2,24,25,26);1H. The molecule has 3 aromatic rings. The molecule has 1 heterocycles. The Morgan fingerprint density at radius 3 is 2.53 bits per heavy atom. The first-order valence-electron chi connectivity index (χ1n) is 10.2. The smallest absolute Gasteiger partial charge is 0.191 e. The van der Waals surface area contributed by atoms with E-state index in [1.807, 2.05) is 6.07 Å². The second kappa shape index (κ2) is 12.5. The van der Waals surface area contributed by atoms with E-state index in [0.717, 1.165) is 43.4 Å². The van der Waals surface area contributed by atoms with Gasteiger partial charge in [0.15, 0.2) is 5.96 Å². The maximum absolute atomic E-state index is 5.16. The number of benzene rings is 2. The molecule has 0 aliphatic rings. The summed E-state index contributed by atoms with van der Waals surface area (Å²) in [7, 11) is 1.71. The number of halogens is 1. The molecule has 2 N–H and O–H groups in total. The fourth-order valence-corrected chi connectivity index (χ4v) is 3.34. The number of fused-ring (bicyclic) bond motifs is 1. The van der Waals surface area contributed by atoms with E-state index < -0.39 is 0 Å². The van der Waals surface area contributed by atoms with Crippen molar-refractivity contribution in [3.8, 4) is 0 Å². The lowest BCUT2D eigenvalue weighted by Crippen LogP contribution is -2.38. The zero-order chi connectivity index (χ0) is 20.5. The van der Waals surface area contributed by atoms with Crippen LogP contribution in [0.1, 0.15) is 30.3 Å². The molecule has 0 radical (unpaired) electrons. The maximum Gasteiger partial charge on any atom is 0.191 e. The van der Waals surface area contributed by atoms with Gasteiger partial charge >= 0.3 is 0 Å². The van der Waals surface area contributed by atoms with Crippen LogP contribution >= 0.6 is 24.0 Å². The number of ether oxygens (including phenoxy) is 1. The molecule has 0 aliphatic heterocycles. The Morgan fingerprint density at radius 1 is 1.07 bits per heavy atom. The molecule has 0 atom stereocenters. The van der Waals surface area contributed by atoms with Gasteiger partial charge in [0.05, 0.1) is 24.2 Å². The van der Waals surface area contributed by atoms with Gasteiger partial charge in [-0.1, -0.05) is 36.4 Å². The minimum atomic E-state index is 0. The van der Waals surface area contributed by atoms with Gasteiger partial charge in [-0.25, -0.2) is 9.98 Å². The molecule has 30 heavy (non-hydrogen) atoms. The topological polar surface area (TPSA) is 63.5 Å². The first-order valence-corrected chi connectivity index (χ1v) is 10.2. The maximum atomic E-state index is 5.16. The average molecular weight is 521 g/mol. The van der Waals surface area contributed by atoms with E-state index in [2.05, 4.69) is 76.5 Å². The number of guanidine groups is 1. The van der Waals surface area contributed by atoms with Gasteiger partial charge in [0.1, 0.15) is 5.82 Å². The summed E-state index contributed by atoms with van der Waals surface area (Å²) in [6.07, 6.45) is 0.997. The molecule has 0 saturated carbocycles. The van der Waals surface area contributed by atoms with Gasteiger partial charge in [0, 0.05) is 26.7 Å². The normalized spacial score (nSPS) is 11.4. The number of hydrogen-bond acceptors (Lipinski definition) is 3. The Bertz CT molecular complexity index is 936. The number of imidazole rings is 1. The molecular weight excluding hydrogens is 489 g/mol. The molecular formula is C23H32IN5O. The van der Waals surface area contributed by atoms with Crippen molar-refractivity contribution in [2.75, 3.05) is 20.2 Å². The molecule has 2 aromatic carbocycles. The Morgan fingerprint density at radius 2 is 1.80 bits per heavy atom. The molecule has 0 fully saturated rings. The van der Waals surface area contributed by atoms with Crippen LogP contribution in [-0.2, 0) is 24.4 Å². The summed E-state index contributed by atoms with van der Waals surface area (Å²) in [6, 6.07) is 16.7. The lowest BCUT2D eigenvalue weighted by molar-refractivity contribution is 0.185. The van der Waals surface area contributed by atoms with Gasteiger partial charge in [0.2, 0.25) is 0 Å². The summed E-state index contributed by atoms with van der Waals surface area (Å²) < 4.78 is 7.44. The Hall–Kier alpha value is -2.13. The van der Waals surface area contributed by atoms with Crippen molar-refractivity contribution in [3.63, 3.8) is 0 Å². The minimum Gasteiger partial charge on any atom is -0.380 e. The number of aromatic nitrogens is 2. The van der Waals surface area contributed by atoms with Gasteiger partial charge < -0.3 is 19.9 Å². The van der Waals surface area contributed by atoms with E-state index in [1.165, 1.54) is 16.6 Å². The van der Waals surface area contributed by atoms with Crippen molar-refractivity contribution in [1.29, 1.82) is 0 Å². The number of nitrogens with one attached hydrogen (secondary N) is 2. The van der Waals surface area contributed by atoms with Crippen LogP contribution in [0.2, 0.25) is 0 Å². The quantitative estimate of drug-likeness (QED) is 0.191. The van der Waals surface area contributed by atoms with E-state index in [-0.39, 0.29) is 24.0 Å². The summed E-state index contributed by atoms with van der Waals surface area (Å²) in [5.41, 5.74) is 4.61. The first kappa shape index (κ1) is 24.1. The number of methoxy groups -OCH3 is 1. The van der Waals surface area contributed by atoms with Crippen molar-refractivity contribution >= 4 is 41.0 Å². The SMILES string of the molecule is CCNC(=NCc1ccc(COC)cc1)NCCCn1c(C)nc2ccccc21.I. The van der Waals surface area contributed by atoms with Gasteiger partial charge in [-0.2, -0.15) is 0 Å². The largest absolute Gasteiger partial charge is 0.380 e. The predicted octanol–water partition coefficient (Wildman–Crippen LogP) is 4.25. The molecule has 0 amide bonds. The van der Waals surface area contributed by atoms with Crippen molar-refractivity contribution in [3.05, 3.63) is 65.5 Å². The van der Waals surface area contributed by atoms with E-state index in [0.29, 0.717) is 13.2 Å². The summed E-state index contributed by atoms with van der Waals surface area (Å²) in [4.78, 5) is 9.34. The summed E-state index contributed by atoms with van der Waals surface area (Å²) >= 11 is 0. The predicted molar refractivity (Wildman–Crippen MR) is 134 cm³/mol. The van der Waals surface area contributed by atoms with Gasteiger partial charge in [-0.3, -0.25) is 0 Å². The number of hydrogen-bond donors (Lipinski definition) is 2. The molecule has 0 unspecified atom stereocenters. The van der Waals surface area contributed by atoms with Crippen LogP contribution in [0.25, 0.3) is 11.0 Å². The van der Waals surface area contributed by atoms with E-state index in [4.69, 9.17) is 9.73 Å². The molecule has 7 heteroatoms. The molecule has 162 valence electrons. The molecule has 0 spiro atoms. The van der Waals surface area contributed by atoms with E-state index >= 15 is 0 Å². The van der Waals surface area contributed by atoms with E-state index in [1.54, 1.807) is 7.11 Å². The van der Waals surface area contributed by atoms with E-state index in [9.17, 15) is 0 Å². The third-order valence-corrected chi connectivity index (χ3v) is 4.79. The molecule has 0 bridgehead atoms. The number of rotatable bonds is 9. The van der Waals surface area contributed by atoms with Crippen LogP contribution < -0.4 is 10.6 Å². The molecule has 6 nitrogen and oxygen atoms in total. The summed E-state index contributed by atoms with van der Waals surface area (Å²) in [5, 5.41) is 6.76. The third kappa shape index (κ3) is 6.70. The van der Waals surface area contributed by atoms with Crippen LogP contribution in [0, 0.1) is 6.92 Å². The average Bonchev–Trinajstić information content (AvgIpc) is 3.05.